The molecule has 1 saturated carbocycles. The molecule has 166 valence electrons. The highest BCUT2D eigenvalue weighted by Gasteiger charge is 2.46. The molecule has 31 heavy (non-hydrogen) atoms. The molecule has 0 spiro atoms. The second-order valence-electron chi connectivity index (χ2n) is 7.76. The molecule has 2 fully saturated rings. The molecule has 2 aromatic carbocycles. The minimum absolute atomic E-state index is 0.0122. The Kier molecular flexibility index (Phi) is 5.55. The molecule has 1 aliphatic carbocycles. The lowest BCUT2D eigenvalue weighted by molar-refractivity contribution is -0.137. The van der Waals surface area contributed by atoms with Crippen LogP contribution in [0.25, 0.3) is 0 Å². The molecule has 2 aliphatic rings. The van der Waals surface area contributed by atoms with E-state index in [4.69, 9.17) is 0 Å². The molecular formula is C21H20F4N2O3S. The zero-order chi connectivity index (χ0) is 22.4. The minimum atomic E-state index is -4.64. The molecule has 4 rings (SSSR count). The summed E-state index contributed by atoms with van der Waals surface area (Å²) in [6.07, 6.45) is -3.98. The van der Waals surface area contributed by atoms with E-state index in [0.29, 0.717) is 12.5 Å². The molecule has 0 bridgehead atoms. The molecular weight excluding hydrogens is 436 g/mol. The van der Waals surface area contributed by atoms with Crippen molar-refractivity contribution in [2.24, 2.45) is 5.92 Å². The summed E-state index contributed by atoms with van der Waals surface area (Å²) in [6, 6.07) is 9.68. The number of hydrogen-bond acceptors (Lipinski definition) is 3. The first-order valence-electron chi connectivity index (χ1n) is 9.79. The third kappa shape index (κ3) is 4.45. The Hall–Kier alpha value is -2.46. The van der Waals surface area contributed by atoms with Gasteiger partial charge in [-0.2, -0.15) is 17.5 Å². The Bertz CT molecular complexity index is 1080. The van der Waals surface area contributed by atoms with Crippen molar-refractivity contribution in [3.8, 4) is 0 Å². The van der Waals surface area contributed by atoms with Gasteiger partial charge in [-0.25, -0.2) is 12.8 Å². The average molecular weight is 456 g/mol. The van der Waals surface area contributed by atoms with Crippen LogP contribution in [0.4, 0.5) is 17.6 Å². The third-order valence-corrected chi connectivity index (χ3v) is 7.65. The van der Waals surface area contributed by atoms with Gasteiger partial charge < -0.3 is 4.90 Å². The first kappa shape index (κ1) is 21.8. The predicted molar refractivity (Wildman–Crippen MR) is 104 cm³/mol. The Morgan fingerprint density at radius 1 is 0.968 bits per heavy atom. The number of alkyl halides is 3. The number of amides is 1. The van der Waals surface area contributed by atoms with Crippen molar-refractivity contribution in [1.82, 2.24) is 9.21 Å². The molecule has 10 heteroatoms. The van der Waals surface area contributed by atoms with Crippen molar-refractivity contribution < 1.29 is 30.8 Å². The first-order chi connectivity index (χ1) is 14.6. The molecule has 1 aliphatic heterocycles. The highest BCUT2D eigenvalue weighted by atomic mass is 32.2. The van der Waals surface area contributed by atoms with E-state index in [9.17, 15) is 30.8 Å². The molecule has 0 radical (unpaired) electrons. The fraction of sp³-hybridized carbons (Fsp3) is 0.381. The van der Waals surface area contributed by atoms with Crippen molar-refractivity contribution in [1.29, 1.82) is 0 Å². The van der Waals surface area contributed by atoms with Crippen LogP contribution >= 0.6 is 0 Å². The van der Waals surface area contributed by atoms with E-state index in [1.54, 1.807) is 17.0 Å². The van der Waals surface area contributed by atoms with Gasteiger partial charge in [0.2, 0.25) is 15.9 Å². The van der Waals surface area contributed by atoms with E-state index in [1.807, 2.05) is 0 Å². The first-order valence-corrected chi connectivity index (χ1v) is 11.2. The standard InChI is InChI=1S/C21H20F4N2O3S/c22-16-6-4-14(5-7-16)18-13-19(18)20(28)26-8-10-27(11-9-26)31(29,30)17-3-1-2-15(12-17)21(23,24)25/h1-7,12,18-19H,8-11,13H2. The highest BCUT2D eigenvalue weighted by Crippen LogP contribution is 2.48. The van der Waals surface area contributed by atoms with Gasteiger partial charge in [0.25, 0.3) is 0 Å². The maximum atomic E-state index is 13.1. The summed E-state index contributed by atoms with van der Waals surface area (Å²) in [5, 5.41) is 0. The second-order valence-corrected chi connectivity index (χ2v) is 9.69. The minimum Gasteiger partial charge on any atom is -0.340 e. The van der Waals surface area contributed by atoms with E-state index in [-0.39, 0.29) is 49.7 Å². The molecule has 1 amide bonds. The van der Waals surface area contributed by atoms with Crippen molar-refractivity contribution in [2.75, 3.05) is 26.2 Å². The number of rotatable bonds is 4. The van der Waals surface area contributed by atoms with Crippen molar-refractivity contribution in [2.45, 2.75) is 23.4 Å². The zero-order valence-electron chi connectivity index (χ0n) is 16.3. The van der Waals surface area contributed by atoms with Crippen LogP contribution in [0, 0.1) is 11.7 Å². The monoisotopic (exact) mass is 456 g/mol. The van der Waals surface area contributed by atoms with Crippen LogP contribution < -0.4 is 0 Å². The number of carbonyl (C=O) groups is 1. The normalized spacial score (nSPS) is 22.4. The van der Waals surface area contributed by atoms with E-state index in [2.05, 4.69) is 0 Å². The number of piperazine rings is 1. The molecule has 1 heterocycles. The summed E-state index contributed by atoms with van der Waals surface area (Å²) >= 11 is 0. The summed E-state index contributed by atoms with van der Waals surface area (Å²) in [4.78, 5) is 13.9. The summed E-state index contributed by atoms with van der Waals surface area (Å²) in [7, 11) is -4.10. The lowest BCUT2D eigenvalue weighted by Crippen LogP contribution is -2.51. The van der Waals surface area contributed by atoms with Gasteiger partial charge in [-0.05, 0) is 48.2 Å². The van der Waals surface area contributed by atoms with E-state index < -0.39 is 26.7 Å². The molecule has 2 aromatic rings. The van der Waals surface area contributed by atoms with Gasteiger partial charge in [-0.3, -0.25) is 4.79 Å². The number of halogens is 4. The largest absolute Gasteiger partial charge is 0.416 e. The lowest BCUT2D eigenvalue weighted by atomic mass is 10.1. The van der Waals surface area contributed by atoms with Crippen molar-refractivity contribution in [3.05, 3.63) is 65.5 Å². The van der Waals surface area contributed by atoms with E-state index >= 15 is 0 Å². The molecule has 2 atom stereocenters. The maximum absolute atomic E-state index is 13.1. The van der Waals surface area contributed by atoms with Crippen LogP contribution in [0.1, 0.15) is 23.5 Å². The van der Waals surface area contributed by atoms with Crippen LogP contribution in [-0.4, -0.2) is 49.7 Å². The van der Waals surface area contributed by atoms with Gasteiger partial charge >= 0.3 is 6.18 Å². The van der Waals surface area contributed by atoms with Crippen LogP contribution in [0.3, 0.4) is 0 Å². The fourth-order valence-electron chi connectivity index (χ4n) is 3.91. The van der Waals surface area contributed by atoms with Crippen LogP contribution in [0.2, 0.25) is 0 Å². The van der Waals surface area contributed by atoms with E-state index in [1.165, 1.54) is 12.1 Å². The number of nitrogens with zero attached hydrogens (tertiary/aromatic N) is 2. The van der Waals surface area contributed by atoms with Gasteiger partial charge in [0, 0.05) is 32.1 Å². The molecule has 5 nitrogen and oxygen atoms in total. The number of hydrogen-bond donors (Lipinski definition) is 0. The summed E-state index contributed by atoms with van der Waals surface area (Å²) in [6.45, 7) is 0.365. The molecule has 1 saturated heterocycles. The Morgan fingerprint density at radius 2 is 1.61 bits per heavy atom. The van der Waals surface area contributed by atoms with Crippen LogP contribution in [-0.2, 0) is 21.0 Å². The second kappa shape index (κ2) is 7.90. The van der Waals surface area contributed by atoms with Crippen LogP contribution in [0.5, 0.6) is 0 Å². The van der Waals surface area contributed by atoms with Crippen LogP contribution in [0.15, 0.2) is 53.4 Å². The Labute approximate surface area is 177 Å². The molecule has 2 unspecified atom stereocenters. The van der Waals surface area contributed by atoms with Gasteiger partial charge in [0.15, 0.2) is 0 Å². The number of benzene rings is 2. The highest BCUT2D eigenvalue weighted by molar-refractivity contribution is 7.89. The molecule has 0 N–H and O–H groups in total. The number of sulfonamides is 1. The summed E-state index contributed by atoms with van der Waals surface area (Å²) in [5.74, 6) is -0.604. The third-order valence-electron chi connectivity index (χ3n) is 5.76. The quantitative estimate of drug-likeness (QED) is 0.662. The Balaban J connectivity index is 1.38. The van der Waals surface area contributed by atoms with Gasteiger partial charge in [0.05, 0.1) is 10.5 Å². The van der Waals surface area contributed by atoms with Gasteiger partial charge in [0.1, 0.15) is 5.82 Å². The number of carbonyl (C=O) groups excluding carboxylic acids is 1. The average Bonchev–Trinajstić information content (AvgIpc) is 3.54. The summed E-state index contributed by atoms with van der Waals surface area (Å²) in [5.41, 5.74) is -0.131. The predicted octanol–water partition coefficient (Wildman–Crippen LogP) is 3.48. The maximum Gasteiger partial charge on any atom is 0.416 e. The topological polar surface area (TPSA) is 57.7 Å². The fourth-order valence-corrected chi connectivity index (χ4v) is 5.38. The smallest absolute Gasteiger partial charge is 0.340 e. The van der Waals surface area contributed by atoms with Gasteiger partial charge in [-0.1, -0.05) is 18.2 Å². The molecule has 0 aromatic heterocycles. The van der Waals surface area contributed by atoms with Crippen molar-refractivity contribution >= 4 is 15.9 Å². The summed E-state index contributed by atoms with van der Waals surface area (Å²) < 4.78 is 78.5. The van der Waals surface area contributed by atoms with Gasteiger partial charge in [-0.15, -0.1) is 0 Å². The zero-order valence-corrected chi connectivity index (χ0v) is 17.2. The van der Waals surface area contributed by atoms with Crippen molar-refractivity contribution in [3.63, 3.8) is 0 Å². The van der Waals surface area contributed by atoms with E-state index in [0.717, 1.165) is 28.1 Å². The Morgan fingerprint density at radius 3 is 2.23 bits per heavy atom. The SMILES string of the molecule is O=C(C1CC1c1ccc(F)cc1)N1CCN(S(=O)(=O)c2cccc(C(F)(F)F)c2)CC1. The lowest BCUT2D eigenvalue weighted by Gasteiger charge is -2.34.